The molecule has 0 aliphatic rings. The first-order valence-corrected chi connectivity index (χ1v) is 2.59. The fraction of sp³-hybridized carbons (Fsp3) is 0.500. The lowest BCUT2D eigenvalue weighted by Crippen LogP contribution is -1.92. The highest BCUT2D eigenvalue weighted by Gasteiger charge is 1.92. The van der Waals surface area contributed by atoms with E-state index in [1.807, 2.05) is 0 Å². The van der Waals surface area contributed by atoms with Crippen LogP contribution in [0.3, 0.4) is 0 Å². The summed E-state index contributed by atoms with van der Waals surface area (Å²) >= 11 is 10.5. The summed E-state index contributed by atoms with van der Waals surface area (Å²) in [7, 11) is 0. The Bertz CT molecular complexity index is 70.1. The van der Waals surface area contributed by atoms with Gasteiger partial charge in [0.15, 0.2) is 10.8 Å². The second-order valence-electron chi connectivity index (χ2n) is 1.02. The van der Waals surface area contributed by atoms with Crippen LogP contribution in [0.2, 0.25) is 0 Å². The molecule has 0 aromatic carbocycles. The SMILES string of the molecule is C=C(Cl)OC(C)Cl. The van der Waals surface area contributed by atoms with Crippen LogP contribution in [0.1, 0.15) is 6.92 Å². The van der Waals surface area contributed by atoms with E-state index >= 15 is 0 Å². The van der Waals surface area contributed by atoms with Crippen LogP contribution in [0.15, 0.2) is 11.8 Å². The second-order valence-corrected chi connectivity index (χ2v) is 2.05. The quantitative estimate of drug-likeness (QED) is 0.423. The molecule has 1 unspecified atom stereocenters. The fourth-order valence-electron chi connectivity index (χ4n) is 0.176. The Morgan fingerprint density at radius 2 is 2.29 bits per heavy atom. The zero-order chi connectivity index (χ0) is 5.86. The summed E-state index contributed by atoms with van der Waals surface area (Å²) in [5, 5.41) is 0.127. The molecule has 1 nitrogen and oxygen atoms in total. The van der Waals surface area contributed by atoms with Crippen molar-refractivity contribution in [3.8, 4) is 0 Å². The van der Waals surface area contributed by atoms with Crippen molar-refractivity contribution in [3.63, 3.8) is 0 Å². The van der Waals surface area contributed by atoms with Gasteiger partial charge in [-0.25, -0.2) is 0 Å². The van der Waals surface area contributed by atoms with Crippen LogP contribution in [-0.2, 0) is 4.74 Å². The highest BCUT2D eigenvalue weighted by Crippen LogP contribution is 2.05. The van der Waals surface area contributed by atoms with Gasteiger partial charge in [-0.2, -0.15) is 0 Å². The van der Waals surface area contributed by atoms with E-state index in [-0.39, 0.29) is 10.8 Å². The summed E-state index contributed by atoms with van der Waals surface area (Å²) in [4.78, 5) is 0. The van der Waals surface area contributed by atoms with Crippen LogP contribution in [0, 0.1) is 0 Å². The van der Waals surface area contributed by atoms with Crippen molar-refractivity contribution in [2.24, 2.45) is 0 Å². The Morgan fingerprint density at radius 1 is 1.86 bits per heavy atom. The lowest BCUT2D eigenvalue weighted by Gasteiger charge is -2.01. The third-order valence-corrected chi connectivity index (χ3v) is 0.468. The summed E-state index contributed by atoms with van der Waals surface area (Å²) in [5.74, 6) is 0. The van der Waals surface area contributed by atoms with E-state index in [4.69, 9.17) is 23.2 Å². The lowest BCUT2D eigenvalue weighted by atomic mass is 10.8. The maximum absolute atomic E-state index is 5.31. The van der Waals surface area contributed by atoms with E-state index < -0.39 is 0 Å². The Hall–Kier alpha value is 0.120. The molecular formula is C4H6Cl2O. The van der Waals surface area contributed by atoms with E-state index in [2.05, 4.69) is 11.3 Å². The molecule has 0 saturated carbocycles. The van der Waals surface area contributed by atoms with Gasteiger partial charge in [0.2, 0.25) is 0 Å². The molecule has 0 aliphatic heterocycles. The highest BCUT2D eigenvalue weighted by molar-refractivity contribution is 6.28. The Morgan fingerprint density at radius 3 is 2.29 bits per heavy atom. The maximum Gasteiger partial charge on any atom is 0.181 e. The van der Waals surface area contributed by atoms with E-state index in [0.29, 0.717) is 0 Å². The number of hydrogen-bond donors (Lipinski definition) is 0. The zero-order valence-corrected chi connectivity index (χ0v) is 5.46. The van der Waals surface area contributed by atoms with E-state index in [1.54, 1.807) is 6.92 Å². The lowest BCUT2D eigenvalue weighted by molar-refractivity contribution is 0.221. The minimum atomic E-state index is -0.384. The van der Waals surface area contributed by atoms with Crippen LogP contribution >= 0.6 is 23.2 Å². The van der Waals surface area contributed by atoms with Gasteiger partial charge in [0, 0.05) is 0 Å². The zero-order valence-electron chi connectivity index (χ0n) is 3.95. The highest BCUT2D eigenvalue weighted by atomic mass is 35.5. The van der Waals surface area contributed by atoms with Crippen LogP contribution in [0.4, 0.5) is 0 Å². The first-order chi connectivity index (χ1) is 3.13. The van der Waals surface area contributed by atoms with Gasteiger partial charge in [-0.1, -0.05) is 11.6 Å². The van der Waals surface area contributed by atoms with Gasteiger partial charge in [0.25, 0.3) is 0 Å². The standard InChI is InChI=1S/C4H6Cl2O/c1-3(5)7-4(2)6/h4H,1H2,2H3. The molecule has 42 valence electrons. The molecule has 7 heavy (non-hydrogen) atoms. The number of hydrogen-bond acceptors (Lipinski definition) is 1. The molecule has 0 rings (SSSR count). The molecule has 3 heteroatoms. The van der Waals surface area contributed by atoms with Gasteiger partial charge in [-0.15, -0.1) is 0 Å². The molecule has 0 heterocycles. The molecule has 0 spiro atoms. The van der Waals surface area contributed by atoms with Gasteiger partial charge in [-0.05, 0) is 25.1 Å². The number of halogens is 2. The summed E-state index contributed by atoms with van der Waals surface area (Å²) in [6.07, 6.45) is 0. The summed E-state index contributed by atoms with van der Waals surface area (Å²) < 4.78 is 4.59. The molecule has 0 fully saturated rings. The minimum absolute atomic E-state index is 0.127. The van der Waals surface area contributed by atoms with E-state index in [0.717, 1.165) is 0 Å². The smallest absolute Gasteiger partial charge is 0.181 e. The van der Waals surface area contributed by atoms with Crippen LogP contribution in [0.5, 0.6) is 0 Å². The average Bonchev–Trinajstić information content (AvgIpc) is 1.27. The molecule has 0 aromatic heterocycles. The minimum Gasteiger partial charge on any atom is -0.465 e. The Balaban J connectivity index is 3.13. The van der Waals surface area contributed by atoms with E-state index in [1.165, 1.54) is 0 Å². The summed E-state index contributed by atoms with van der Waals surface area (Å²) in [6.45, 7) is 4.92. The van der Waals surface area contributed by atoms with Crippen molar-refractivity contribution in [1.29, 1.82) is 0 Å². The van der Waals surface area contributed by atoms with Gasteiger partial charge in [0.05, 0.1) is 0 Å². The van der Waals surface area contributed by atoms with E-state index in [9.17, 15) is 0 Å². The van der Waals surface area contributed by atoms with Crippen molar-refractivity contribution < 1.29 is 4.74 Å². The molecule has 0 aliphatic carbocycles. The molecule has 0 radical (unpaired) electrons. The van der Waals surface area contributed by atoms with Crippen LogP contribution in [0.25, 0.3) is 0 Å². The summed E-state index contributed by atoms with van der Waals surface area (Å²) in [6, 6.07) is 0. The largest absolute Gasteiger partial charge is 0.465 e. The van der Waals surface area contributed by atoms with Crippen molar-refractivity contribution in [1.82, 2.24) is 0 Å². The molecule has 1 atom stereocenters. The topological polar surface area (TPSA) is 9.23 Å². The van der Waals surface area contributed by atoms with Crippen molar-refractivity contribution in [2.75, 3.05) is 0 Å². The molecular weight excluding hydrogens is 135 g/mol. The molecule has 0 N–H and O–H groups in total. The molecule has 0 aromatic rings. The predicted octanol–water partition coefficient (Wildman–Crippen LogP) is 2.30. The maximum atomic E-state index is 5.31. The molecule has 0 amide bonds. The van der Waals surface area contributed by atoms with Gasteiger partial charge in [0.1, 0.15) is 0 Å². The number of alkyl halides is 1. The predicted molar refractivity (Wildman–Crippen MR) is 31.4 cm³/mol. The van der Waals surface area contributed by atoms with Crippen molar-refractivity contribution in [3.05, 3.63) is 11.8 Å². The van der Waals surface area contributed by atoms with Gasteiger partial charge in [-0.3, -0.25) is 0 Å². The monoisotopic (exact) mass is 140 g/mol. The van der Waals surface area contributed by atoms with Crippen molar-refractivity contribution >= 4 is 23.2 Å². The first kappa shape index (κ1) is 7.12. The van der Waals surface area contributed by atoms with Gasteiger partial charge < -0.3 is 4.74 Å². The number of ether oxygens (including phenoxy) is 1. The average molecular weight is 141 g/mol. The third-order valence-electron chi connectivity index (χ3n) is 0.290. The van der Waals surface area contributed by atoms with Crippen LogP contribution < -0.4 is 0 Å². The fourth-order valence-corrected chi connectivity index (χ4v) is 0.463. The van der Waals surface area contributed by atoms with Crippen LogP contribution in [-0.4, -0.2) is 5.56 Å². The Labute approximate surface area is 52.9 Å². The van der Waals surface area contributed by atoms with Gasteiger partial charge >= 0.3 is 0 Å². The van der Waals surface area contributed by atoms with Crippen molar-refractivity contribution in [2.45, 2.75) is 12.5 Å². The second kappa shape index (κ2) is 3.16. The molecule has 0 bridgehead atoms. The normalized spacial score (nSPS) is 13.0. The summed E-state index contributed by atoms with van der Waals surface area (Å²) in [5.41, 5.74) is -0.384. The third kappa shape index (κ3) is 6.12. The first-order valence-electron chi connectivity index (χ1n) is 1.78. The molecule has 0 saturated heterocycles. The number of rotatable bonds is 2. The Kier molecular flexibility index (Phi) is 3.22.